The number of benzene rings is 1. The number of amides is 1. The fourth-order valence-corrected chi connectivity index (χ4v) is 3.95. The number of hydrogen-bond acceptors (Lipinski definition) is 5. The zero-order valence-corrected chi connectivity index (χ0v) is 15.3. The van der Waals surface area contributed by atoms with Crippen molar-refractivity contribution in [3.63, 3.8) is 0 Å². The first kappa shape index (κ1) is 17.6. The molecular weight excluding hydrogens is 334 g/mol. The maximum absolute atomic E-state index is 12.5. The normalized spacial score (nSPS) is 17.3. The molecular formula is C19H21N3O2S. The van der Waals surface area contributed by atoms with E-state index in [9.17, 15) is 10.1 Å². The molecule has 0 N–H and O–H groups in total. The summed E-state index contributed by atoms with van der Waals surface area (Å²) in [6.45, 7) is 3.84. The highest BCUT2D eigenvalue weighted by atomic mass is 32.2. The molecule has 0 spiro atoms. The van der Waals surface area contributed by atoms with Crippen LogP contribution in [0.5, 0.6) is 5.75 Å². The average Bonchev–Trinajstić information content (AvgIpc) is 2.64. The van der Waals surface area contributed by atoms with Gasteiger partial charge in [0.15, 0.2) is 0 Å². The van der Waals surface area contributed by atoms with Gasteiger partial charge in [-0.05, 0) is 37.0 Å². The number of nitrogens with zero attached hydrogens (tertiary/aromatic N) is 3. The number of hydrogen-bond donors (Lipinski definition) is 0. The summed E-state index contributed by atoms with van der Waals surface area (Å²) in [6, 6.07) is 9.58. The summed E-state index contributed by atoms with van der Waals surface area (Å²) >= 11 is 1.34. The van der Waals surface area contributed by atoms with Gasteiger partial charge in [0, 0.05) is 24.5 Å². The van der Waals surface area contributed by atoms with Gasteiger partial charge in [0.25, 0.3) is 0 Å². The first-order chi connectivity index (χ1) is 12.1. The summed E-state index contributed by atoms with van der Waals surface area (Å²) in [5, 5.41) is 10.9. The summed E-state index contributed by atoms with van der Waals surface area (Å²) in [5.74, 6) is 1.71. The fraction of sp³-hybridized carbons (Fsp3) is 0.421. The maximum Gasteiger partial charge on any atom is 0.232 e. The molecule has 1 aliphatic rings. The second-order valence-corrected chi connectivity index (χ2v) is 7.35. The van der Waals surface area contributed by atoms with Crippen molar-refractivity contribution in [1.82, 2.24) is 9.88 Å². The fourth-order valence-electron chi connectivity index (χ4n) is 3.08. The Labute approximate surface area is 152 Å². The third-order valence-electron chi connectivity index (χ3n) is 4.45. The van der Waals surface area contributed by atoms with E-state index < -0.39 is 0 Å². The molecule has 3 rings (SSSR count). The van der Waals surface area contributed by atoms with E-state index in [0.29, 0.717) is 22.3 Å². The third-order valence-corrected chi connectivity index (χ3v) is 5.43. The van der Waals surface area contributed by atoms with Gasteiger partial charge in [-0.25, -0.2) is 4.98 Å². The van der Waals surface area contributed by atoms with Crippen molar-refractivity contribution in [2.45, 2.75) is 24.8 Å². The van der Waals surface area contributed by atoms with E-state index in [-0.39, 0.29) is 5.91 Å². The van der Waals surface area contributed by atoms with Crippen LogP contribution in [0, 0.1) is 17.2 Å². The Morgan fingerprint density at radius 1 is 1.48 bits per heavy atom. The standard InChI is InChI=1S/C19H21N3O2S/c1-13-4-3-7-22(11-13)18(23)12-25-19-15(10-20)8-14-5-6-16(24-2)9-17(14)21-19/h5-6,8-9,13H,3-4,7,11-12H2,1-2H3/t13-/m0/s1. The van der Waals surface area contributed by atoms with Crippen molar-refractivity contribution in [3.8, 4) is 11.8 Å². The van der Waals surface area contributed by atoms with Gasteiger partial charge in [-0.2, -0.15) is 5.26 Å². The van der Waals surface area contributed by atoms with Gasteiger partial charge in [-0.3, -0.25) is 4.79 Å². The highest BCUT2D eigenvalue weighted by Gasteiger charge is 2.21. The van der Waals surface area contributed by atoms with Crippen LogP contribution in [0.3, 0.4) is 0 Å². The molecule has 0 bridgehead atoms. The molecule has 0 unspecified atom stereocenters. The van der Waals surface area contributed by atoms with E-state index >= 15 is 0 Å². The Morgan fingerprint density at radius 2 is 2.32 bits per heavy atom. The van der Waals surface area contributed by atoms with E-state index in [1.165, 1.54) is 18.2 Å². The van der Waals surface area contributed by atoms with Crippen molar-refractivity contribution in [2.75, 3.05) is 26.0 Å². The molecule has 1 atom stereocenters. The van der Waals surface area contributed by atoms with Gasteiger partial charge in [-0.1, -0.05) is 18.7 Å². The van der Waals surface area contributed by atoms with Crippen molar-refractivity contribution >= 4 is 28.6 Å². The molecule has 5 nitrogen and oxygen atoms in total. The van der Waals surface area contributed by atoms with E-state index in [1.54, 1.807) is 7.11 Å². The van der Waals surface area contributed by atoms with Gasteiger partial charge in [0.2, 0.25) is 5.91 Å². The Balaban J connectivity index is 1.77. The topological polar surface area (TPSA) is 66.2 Å². The molecule has 0 saturated carbocycles. The van der Waals surface area contributed by atoms with E-state index in [0.717, 1.165) is 36.2 Å². The van der Waals surface area contributed by atoms with Crippen LogP contribution < -0.4 is 4.74 Å². The first-order valence-electron chi connectivity index (χ1n) is 8.40. The summed E-state index contributed by atoms with van der Waals surface area (Å²) < 4.78 is 5.23. The van der Waals surface area contributed by atoms with Crippen LogP contribution in [-0.2, 0) is 4.79 Å². The predicted octanol–water partition coefficient (Wildman–Crippen LogP) is 3.47. The number of fused-ring (bicyclic) bond motifs is 1. The SMILES string of the molecule is COc1ccc2cc(C#N)c(SCC(=O)N3CCC[C@H](C)C3)nc2c1. The molecule has 1 aliphatic heterocycles. The van der Waals surface area contributed by atoms with Gasteiger partial charge >= 0.3 is 0 Å². The molecule has 1 fully saturated rings. The molecule has 2 aromatic rings. The summed E-state index contributed by atoms with van der Waals surface area (Å²) in [6.07, 6.45) is 2.25. The highest BCUT2D eigenvalue weighted by molar-refractivity contribution is 8.00. The number of methoxy groups -OCH3 is 1. The number of ether oxygens (including phenoxy) is 1. The van der Waals surface area contributed by atoms with Crippen LogP contribution in [0.2, 0.25) is 0 Å². The molecule has 130 valence electrons. The lowest BCUT2D eigenvalue weighted by atomic mass is 10.0. The summed E-state index contributed by atoms with van der Waals surface area (Å²) in [5.41, 5.74) is 1.27. The van der Waals surface area contributed by atoms with Gasteiger partial charge in [-0.15, -0.1) is 0 Å². The number of thioether (sulfide) groups is 1. The number of carbonyl (C=O) groups is 1. The number of likely N-dealkylation sites (tertiary alicyclic amines) is 1. The number of pyridine rings is 1. The predicted molar refractivity (Wildman–Crippen MR) is 98.7 cm³/mol. The van der Waals surface area contributed by atoms with E-state index in [2.05, 4.69) is 18.0 Å². The smallest absolute Gasteiger partial charge is 0.232 e. The van der Waals surface area contributed by atoms with Crippen LogP contribution >= 0.6 is 11.8 Å². The summed E-state index contributed by atoms with van der Waals surface area (Å²) in [7, 11) is 1.61. The summed E-state index contributed by atoms with van der Waals surface area (Å²) in [4.78, 5) is 19.0. The second-order valence-electron chi connectivity index (χ2n) is 6.39. The maximum atomic E-state index is 12.5. The van der Waals surface area contributed by atoms with E-state index in [4.69, 9.17) is 4.74 Å². The van der Waals surface area contributed by atoms with Gasteiger partial charge < -0.3 is 9.64 Å². The molecule has 1 saturated heterocycles. The second kappa shape index (κ2) is 7.75. The minimum atomic E-state index is 0.118. The molecule has 25 heavy (non-hydrogen) atoms. The van der Waals surface area contributed by atoms with Crippen molar-refractivity contribution < 1.29 is 9.53 Å². The molecule has 0 radical (unpaired) electrons. The van der Waals surface area contributed by atoms with Crippen LogP contribution in [0.15, 0.2) is 29.3 Å². The minimum absolute atomic E-state index is 0.118. The van der Waals surface area contributed by atoms with Crippen LogP contribution in [-0.4, -0.2) is 41.7 Å². The molecule has 2 heterocycles. The van der Waals surface area contributed by atoms with Gasteiger partial charge in [0.05, 0.1) is 23.9 Å². The first-order valence-corrected chi connectivity index (χ1v) is 9.38. The Hall–Kier alpha value is -2.26. The van der Waals surface area contributed by atoms with Crippen molar-refractivity contribution in [1.29, 1.82) is 5.26 Å². The molecule has 1 amide bonds. The molecule has 0 aliphatic carbocycles. The number of carbonyl (C=O) groups excluding carboxylic acids is 1. The van der Waals surface area contributed by atoms with Gasteiger partial charge in [0.1, 0.15) is 16.8 Å². The van der Waals surface area contributed by atoms with Crippen LogP contribution in [0.4, 0.5) is 0 Å². The zero-order valence-electron chi connectivity index (χ0n) is 14.5. The number of aromatic nitrogens is 1. The van der Waals surface area contributed by atoms with Crippen molar-refractivity contribution in [2.24, 2.45) is 5.92 Å². The monoisotopic (exact) mass is 355 g/mol. The van der Waals surface area contributed by atoms with E-state index in [1.807, 2.05) is 29.2 Å². The molecule has 1 aromatic heterocycles. The quantitative estimate of drug-likeness (QED) is 0.786. The highest BCUT2D eigenvalue weighted by Crippen LogP contribution is 2.27. The third kappa shape index (κ3) is 4.05. The number of piperidine rings is 1. The lowest BCUT2D eigenvalue weighted by Crippen LogP contribution is -2.40. The Kier molecular flexibility index (Phi) is 5.44. The number of nitriles is 1. The Bertz CT molecular complexity index is 831. The average molecular weight is 355 g/mol. The lowest BCUT2D eigenvalue weighted by molar-refractivity contribution is -0.130. The molecule has 6 heteroatoms. The Morgan fingerprint density at radius 3 is 3.04 bits per heavy atom. The van der Waals surface area contributed by atoms with Crippen LogP contribution in [0.25, 0.3) is 10.9 Å². The largest absolute Gasteiger partial charge is 0.497 e. The minimum Gasteiger partial charge on any atom is -0.497 e. The number of rotatable bonds is 4. The van der Waals surface area contributed by atoms with Crippen LogP contribution in [0.1, 0.15) is 25.3 Å². The van der Waals surface area contributed by atoms with Crippen molar-refractivity contribution in [3.05, 3.63) is 29.8 Å². The lowest BCUT2D eigenvalue weighted by Gasteiger charge is -2.30. The zero-order chi connectivity index (χ0) is 17.8. The molecule has 1 aromatic carbocycles.